The third kappa shape index (κ3) is 3.08. The smallest absolute Gasteiger partial charge is 0.335 e. The predicted octanol–water partition coefficient (Wildman–Crippen LogP) is 2.22. The number of piperazine rings is 1. The van der Waals surface area contributed by atoms with E-state index in [1.807, 2.05) is 17.0 Å². The molecule has 3 rings (SSSR count). The molecule has 0 bridgehead atoms. The van der Waals surface area contributed by atoms with Gasteiger partial charge in [-0.2, -0.15) is 0 Å². The summed E-state index contributed by atoms with van der Waals surface area (Å²) in [5, 5.41) is 8.93. The van der Waals surface area contributed by atoms with Gasteiger partial charge in [-0.15, -0.1) is 0 Å². The van der Waals surface area contributed by atoms with Crippen LogP contribution in [0.3, 0.4) is 0 Å². The molecular formula is C17H22N2O3. The predicted molar refractivity (Wildman–Crippen MR) is 84.2 cm³/mol. The lowest BCUT2D eigenvalue weighted by atomic mass is 10.1. The molecular weight excluding hydrogens is 280 g/mol. The van der Waals surface area contributed by atoms with Gasteiger partial charge in [0, 0.05) is 37.8 Å². The number of carboxylic acid groups (broad SMARTS) is 1. The monoisotopic (exact) mass is 302 g/mol. The number of rotatable bonds is 3. The van der Waals surface area contributed by atoms with Crippen LogP contribution in [0.25, 0.3) is 0 Å². The third-order valence-electron chi connectivity index (χ3n) is 4.78. The van der Waals surface area contributed by atoms with E-state index in [0.29, 0.717) is 11.5 Å². The van der Waals surface area contributed by atoms with Gasteiger partial charge in [0.15, 0.2) is 0 Å². The standard InChI is InChI=1S/C17H22N2O3/c20-16(13-3-1-2-4-13)19-11-9-18(10-12-19)15-7-5-14(6-8-15)17(21)22/h5-8,13H,1-4,9-12H2,(H,21,22). The van der Waals surface area contributed by atoms with Gasteiger partial charge in [0.05, 0.1) is 5.56 Å². The minimum absolute atomic E-state index is 0.251. The number of aromatic carboxylic acids is 1. The van der Waals surface area contributed by atoms with Crippen LogP contribution in [0.4, 0.5) is 5.69 Å². The summed E-state index contributed by atoms with van der Waals surface area (Å²) in [6.07, 6.45) is 4.48. The maximum absolute atomic E-state index is 12.4. The number of carbonyl (C=O) groups excluding carboxylic acids is 1. The van der Waals surface area contributed by atoms with E-state index in [1.54, 1.807) is 12.1 Å². The molecule has 1 N–H and O–H groups in total. The van der Waals surface area contributed by atoms with Crippen molar-refractivity contribution >= 4 is 17.6 Å². The fraction of sp³-hybridized carbons (Fsp3) is 0.529. The van der Waals surface area contributed by atoms with E-state index in [0.717, 1.165) is 44.7 Å². The topological polar surface area (TPSA) is 60.9 Å². The van der Waals surface area contributed by atoms with Gasteiger partial charge in [-0.1, -0.05) is 12.8 Å². The number of benzene rings is 1. The number of amides is 1. The molecule has 1 heterocycles. The normalized spacial score (nSPS) is 19.5. The van der Waals surface area contributed by atoms with Crippen LogP contribution in [-0.2, 0) is 4.79 Å². The molecule has 2 aliphatic rings. The highest BCUT2D eigenvalue weighted by Gasteiger charge is 2.29. The van der Waals surface area contributed by atoms with Crippen molar-refractivity contribution in [1.29, 1.82) is 0 Å². The Balaban J connectivity index is 1.57. The van der Waals surface area contributed by atoms with Gasteiger partial charge in [0.25, 0.3) is 0 Å². The van der Waals surface area contributed by atoms with Crippen molar-refractivity contribution in [2.24, 2.45) is 5.92 Å². The van der Waals surface area contributed by atoms with Crippen LogP contribution in [0.1, 0.15) is 36.0 Å². The van der Waals surface area contributed by atoms with Crippen LogP contribution in [-0.4, -0.2) is 48.1 Å². The van der Waals surface area contributed by atoms with Crippen molar-refractivity contribution in [3.63, 3.8) is 0 Å². The summed E-state index contributed by atoms with van der Waals surface area (Å²) in [5.41, 5.74) is 1.33. The summed E-state index contributed by atoms with van der Waals surface area (Å²) in [6.45, 7) is 3.14. The fourth-order valence-corrected chi connectivity index (χ4v) is 3.43. The number of hydrogen-bond acceptors (Lipinski definition) is 3. The Morgan fingerprint density at radius 1 is 0.955 bits per heavy atom. The zero-order valence-electron chi connectivity index (χ0n) is 12.7. The Labute approximate surface area is 130 Å². The first-order chi connectivity index (χ1) is 10.6. The average molecular weight is 302 g/mol. The molecule has 0 radical (unpaired) electrons. The van der Waals surface area contributed by atoms with E-state index >= 15 is 0 Å². The molecule has 22 heavy (non-hydrogen) atoms. The first-order valence-electron chi connectivity index (χ1n) is 8.02. The number of hydrogen-bond donors (Lipinski definition) is 1. The fourth-order valence-electron chi connectivity index (χ4n) is 3.43. The summed E-state index contributed by atoms with van der Waals surface area (Å²) in [7, 11) is 0. The van der Waals surface area contributed by atoms with E-state index in [1.165, 1.54) is 12.8 Å². The first-order valence-corrected chi connectivity index (χ1v) is 8.02. The summed E-state index contributed by atoms with van der Waals surface area (Å²) in [6, 6.07) is 6.96. The second-order valence-electron chi connectivity index (χ2n) is 6.15. The maximum atomic E-state index is 12.4. The molecule has 1 saturated heterocycles. The van der Waals surface area contributed by atoms with E-state index in [9.17, 15) is 9.59 Å². The van der Waals surface area contributed by atoms with Gasteiger partial charge >= 0.3 is 5.97 Å². The third-order valence-corrected chi connectivity index (χ3v) is 4.78. The SMILES string of the molecule is O=C(O)c1ccc(N2CCN(C(=O)C3CCCC3)CC2)cc1. The minimum Gasteiger partial charge on any atom is -0.478 e. The molecule has 1 amide bonds. The average Bonchev–Trinajstić information content (AvgIpc) is 3.09. The zero-order chi connectivity index (χ0) is 15.5. The lowest BCUT2D eigenvalue weighted by Gasteiger charge is -2.37. The van der Waals surface area contributed by atoms with Crippen molar-refractivity contribution in [1.82, 2.24) is 4.90 Å². The quantitative estimate of drug-likeness (QED) is 0.930. The van der Waals surface area contributed by atoms with Crippen molar-refractivity contribution in [2.45, 2.75) is 25.7 Å². The van der Waals surface area contributed by atoms with Gasteiger partial charge in [-0.25, -0.2) is 4.79 Å². The van der Waals surface area contributed by atoms with Crippen LogP contribution >= 0.6 is 0 Å². The van der Waals surface area contributed by atoms with Crippen LogP contribution in [0.15, 0.2) is 24.3 Å². The second kappa shape index (κ2) is 6.38. The van der Waals surface area contributed by atoms with E-state index in [2.05, 4.69) is 4.90 Å². The maximum Gasteiger partial charge on any atom is 0.335 e. The molecule has 2 fully saturated rings. The molecule has 0 atom stereocenters. The molecule has 0 aromatic heterocycles. The van der Waals surface area contributed by atoms with Gasteiger partial charge in [-0.3, -0.25) is 4.79 Å². The number of carbonyl (C=O) groups is 2. The minimum atomic E-state index is -0.904. The van der Waals surface area contributed by atoms with Crippen molar-refractivity contribution in [2.75, 3.05) is 31.1 Å². The van der Waals surface area contributed by atoms with Gasteiger partial charge in [-0.05, 0) is 37.1 Å². The summed E-state index contributed by atoms with van der Waals surface area (Å²) in [4.78, 5) is 27.5. The molecule has 118 valence electrons. The number of carboxylic acids is 1. The molecule has 1 saturated carbocycles. The van der Waals surface area contributed by atoms with Crippen LogP contribution < -0.4 is 4.90 Å². The second-order valence-corrected chi connectivity index (χ2v) is 6.15. The summed E-state index contributed by atoms with van der Waals surface area (Å²) >= 11 is 0. The van der Waals surface area contributed by atoms with Gasteiger partial charge in [0.1, 0.15) is 0 Å². The molecule has 1 aliphatic heterocycles. The molecule has 5 heteroatoms. The molecule has 1 aromatic carbocycles. The Morgan fingerprint density at radius 2 is 1.55 bits per heavy atom. The Morgan fingerprint density at radius 3 is 2.09 bits per heavy atom. The van der Waals surface area contributed by atoms with E-state index in [-0.39, 0.29) is 5.92 Å². The number of nitrogens with zero attached hydrogens (tertiary/aromatic N) is 2. The molecule has 0 spiro atoms. The van der Waals surface area contributed by atoms with E-state index in [4.69, 9.17) is 5.11 Å². The summed E-state index contributed by atoms with van der Waals surface area (Å²) in [5.74, 6) is -0.321. The Hall–Kier alpha value is -2.04. The highest BCUT2D eigenvalue weighted by molar-refractivity contribution is 5.88. The molecule has 5 nitrogen and oxygen atoms in total. The van der Waals surface area contributed by atoms with Crippen molar-refractivity contribution in [3.8, 4) is 0 Å². The van der Waals surface area contributed by atoms with Crippen LogP contribution in [0.2, 0.25) is 0 Å². The highest BCUT2D eigenvalue weighted by atomic mass is 16.4. The van der Waals surface area contributed by atoms with Crippen LogP contribution in [0, 0.1) is 5.92 Å². The lowest BCUT2D eigenvalue weighted by Crippen LogP contribution is -2.50. The Bertz CT molecular complexity index is 542. The van der Waals surface area contributed by atoms with E-state index < -0.39 is 5.97 Å². The lowest BCUT2D eigenvalue weighted by molar-refractivity contribution is -0.135. The molecule has 0 unspecified atom stereocenters. The largest absolute Gasteiger partial charge is 0.478 e. The Kier molecular flexibility index (Phi) is 4.32. The van der Waals surface area contributed by atoms with Crippen molar-refractivity contribution in [3.05, 3.63) is 29.8 Å². The van der Waals surface area contributed by atoms with Crippen LogP contribution in [0.5, 0.6) is 0 Å². The van der Waals surface area contributed by atoms with Crippen molar-refractivity contribution < 1.29 is 14.7 Å². The highest BCUT2D eigenvalue weighted by Crippen LogP contribution is 2.27. The van der Waals surface area contributed by atoms with Gasteiger partial charge in [0.2, 0.25) is 5.91 Å². The zero-order valence-corrected chi connectivity index (χ0v) is 12.7. The molecule has 1 aromatic rings. The van der Waals surface area contributed by atoms with Gasteiger partial charge < -0.3 is 14.9 Å². The number of anilines is 1. The first kappa shape index (κ1) is 14.9. The molecule has 1 aliphatic carbocycles. The summed E-state index contributed by atoms with van der Waals surface area (Å²) < 4.78 is 0.